The van der Waals surface area contributed by atoms with Crippen LogP contribution in [0.25, 0.3) is 0 Å². The molecule has 0 amide bonds. The molecule has 8 heteroatoms. The molecule has 36 heavy (non-hydrogen) atoms. The molecule has 188 valence electrons. The Hall–Kier alpha value is -3.52. The first-order chi connectivity index (χ1) is 17.3. The summed E-state index contributed by atoms with van der Waals surface area (Å²) in [6.07, 6.45) is 0. The van der Waals surface area contributed by atoms with E-state index in [4.69, 9.17) is 14.5 Å². The Kier molecular flexibility index (Phi) is 7.00. The van der Waals surface area contributed by atoms with Crippen LogP contribution in [-0.2, 0) is 19.1 Å². The highest BCUT2D eigenvalue weighted by molar-refractivity contribution is 8.04. The SMILES string of the molecule is CCN1C(C)=CS[C@]12/C(=C(/C)C(=O)OC)N(c1ccccc1)C(=Nc1ccccc1)[C@]2(C)C(=O)OC. The van der Waals surface area contributed by atoms with Gasteiger partial charge in [0, 0.05) is 17.9 Å². The van der Waals surface area contributed by atoms with E-state index in [2.05, 4.69) is 4.90 Å². The van der Waals surface area contributed by atoms with Crippen LogP contribution in [0.15, 0.2) is 88.0 Å². The molecule has 0 unspecified atom stereocenters. The summed E-state index contributed by atoms with van der Waals surface area (Å²) in [5.74, 6) is -0.446. The molecule has 0 bridgehead atoms. The highest BCUT2D eigenvalue weighted by Gasteiger charge is 2.72. The number of para-hydroxylation sites is 2. The maximum Gasteiger partial charge on any atom is 0.335 e. The van der Waals surface area contributed by atoms with Gasteiger partial charge in [-0.2, -0.15) is 0 Å². The Morgan fingerprint density at radius 3 is 2.17 bits per heavy atom. The molecule has 2 atom stereocenters. The number of hydrogen-bond acceptors (Lipinski definition) is 7. The van der Waals surface area contributed by atoms with Crippen LogP contribution < -0.4 is 4.90 Å². The van der Waals surface area contributed by atoms with Gasteiger partial charge in [-0.05, 0) is 57.4 Å². The van der Waals surface area contributed by atoms with Gasteiger partial charge < -0.3 is 14.4 Å². The van der Waals surface area contributed by atoms with Gasteiger partial charge in [0.05, 0.1) is 31.2 Å². The fourth-order valence-electron chi connectivity index (χ4n) is 5.18. The minimum Gasteiger partial charge on any atom is -0.468 e. The smallest absolute Gasteiger partial charge is 0.335 e. The maximum absolute atomic E-state index is 13.9. The predicted octanol–water partition coefficient (Wildman–Crippen LogP) is 5.49. The van der Waals surface area contributed by atoms with Crippen molar-refractivity contribution in [3.8, 4) is 0 Å². The minimum absolute atomic E-state index is 0.392. The van der Waals surface area contributed by atoms with Crippen LogP contribution in [0.1, 0.15) is 27.7 Å². The summed E-state index contributed by atoms with van der Waals surface area (Å²) >= 11 is 1.50. The second-order valence-electron chi connectivity index (χ2n) is 8.79. The summed E-state index contributed by atoms with van der Waals surface area (Å²) in [6.45, 7) is 8.24. The van der Waals surface area contributed by atoms with Crippen LogP contribution >= 0.6 is 11.8 Å². The second kappa shape index (κ2) is 9.85. The molecule has 1 fully saturated rings. The molecular formula is C28H31N3O4S. The van der Waals surface area contributed by atoms with E-state index in [9.17, 15) is 9.59 Å². The van der Waals surface area contributed by atoms with Gasteiger partial charge in [-0.1, -0.05) is 48.2 Å². The lowest BCUT2D eigenvalue weighted by atomic mass is 9.80. The number of esters is 2. The molecule has 0 radical (unpaired) electrons. The number of likely N-dealkylation sites (N-methyl/N-ethyl adjacent to an activating group) is 1. The van der Waals surface area contributed by atoms with Gasteiger partial charge in [-0.25, -0.2) is 9.79 Å². The summed E-state index contributed by atoms with van der Waals surface area (Å²) in [6, 6.07) is 19.1. The third kappa shape index (κ3) is 3.63. The van der Waals surface area contributed by atoms with Gasteiger partial charge in [0.1, 0.15) is 5.84 Å². The van der Waals surface area contributed by atoms with Crippen molar-refractivity contribution in [3.63, 3.8) is 0 Å². The first kappa shape index (κ1) is 25.6. The van der Waals surface area contributed by atoms with Crippen molar-refractivity contribution in [2.45, 2.75) is 32.6 Å². The average Bonchev–Trinajstić information content (AvgIpc) is 3.36. The Balaban J connectivity index is 2.19. The van der Waals surface area contributed by atoms with E-state index < -0.39 is 22.2 Å². The van der Waals surface area contributed by atoms with E-state index in [0.717, 1.165) is 11.4 Å². The van der Waals surface area contributed by atoms with Crippen LogP contribution in [0.5, 0.6) is 0 Å². The monoisotopic (exact) mass is 505 g/mol. The number of allylic oxidation sites excluding steroid dienone is 1. The third-order valence-electron chi connectivity index (χ3n) is 6.85. The third-order valence-corrected chi connectivity index (χ3v) is 8.47. The number of ether oxygens (including phenoxy) is 2. The number of amidine groups is 1. The number of benzene rings is 2. The van der Waals surface area contributed by atoms with Gasteiger partial charge in [-0.3, -0.25) is 9.69 Å². The largest absolute Gasteiger partial charge is 0.468 e. The molecule has 2 aliphatic heterocycles. The highest BCUT2D eigenvalue weighted by Crippen LogP contribution is 2.63. The topological polar surface area (TPSA) is 71.4 Å². The maximum atomic E-state index is 13.9. The predicted molar refractivity (Wildman–Crippen MR) is 144 cm³/mol. The molecule has 4 rings (SSSR count). The lowest BCUT2D eigenvalue weighted by Gasteiger charge is -2.45. The Morgan fingerprint density at radius 1 is 1.00 bits per heavy atom. The number of hydrogen-bond donors (Lipinski definition) is 0. The quantitative estimate of drug-likeness (QED) is 0.393. The summed E-state index contributed by atoms with van der Waals surface area (Å²) in [5.41, 5.74) is 2.17. The van der Waals surface area contributed by atoms with E-state index >= 15 is 0 Å². The number of methoxy groups -OCH3 is 2. The molecule has 2 aromatic carbocycles. The zero-order valence-electron chi connectivity index (χ0n) is 21.4. The number of anilines is 1. The first-order valence-electron chi connectivity index (χ1n) is 11.8. The van der Waals surface area contributed by atoms with Crippen molar-refractivity contribution in [3.05, 3.63) is 83.0 Å². The molecule has 1 spiro atoms. The first-order valence-corrected chi connectivity index (χ1v) is 12.7. The number of carbonyl (C=O) groups excluding carboxylic acids is 2. The lowest BCUT2D eigenvalue weighted by molar-refractivity contribution is -0.150. The van der Waals surface area contributed by atoms with Gasteiger partial charge in [0.2, 0.25) is 0 Å². The number of nitrogens with zero attached hydrogens (tertiary/aromatic N) is 3. The molecule has 1 saturated heterocycles. The molecule has 0 aromatic heterocycles. The van der Waals surface area contributed by atoms with E-state index in [1.165, 1.54) is 26.0 Å². The number of rotatable bonds is 5. The molecule has 2 aromatic rings. The summed E-state index contributed by atoms with van der Waals surface area (Å²) < 4.78 is 10.7. The normalized spacial score (nSPS) is 25.8. The average molecular weight is 506 g/mol. The van der Waals surface area contributed by atoms with E-state index in [0.29, 0.717) is 29.3 Å². The Morgan fingerprint density at radius 2 is 1.61 bits per heavy atom. The van der Waals surface area contributed by atoms with Crippen LogP contribution in [0.3, 0.4) is 0 Å². The highest BCUT2D eigenvalue weighted by atomic mass is 32.2. The number of carbonyl (C=O) groups is 2. The van der Waals surface area contributed by atoms with Gasteiger partial charge in [0.15, 0.2) is 10.3 Å². The van der Waals surface area contributed by atoms with Crippen molar-refractivity contribution < 1.29 is 19.1 Å². The number of aliphatic imine (C=N–C) groups is 1. The van der Waals surface area contributed by atoms with Crippen molar-refractivity contribution in [2.75, 3.05) is 25.7 Å². The van der Waals surface area contributed by atoms with Crippen LogP contribution in [0.4, 0.5) is 11.4 Å². The standard InChI is InChI=1S/C28H31N3O4S/c1-7-30-19(2)18-36-28(30)23(20(3)24(32)34-5)31(22-16-12-9-13-17-22)25(27(28,4)26(33)35-6)29-21-14-10-8-11-15-21/h8-18H,7H2,1-6H3/b23-20+,29-25?/t27-,28+/m1/s1. The van der Waals surface area contributed by atoms with E-state index in [1.54, 1.807) is 6.92 Å². The van der Waals surface area contributed by atoms with Gasteiger partial charge in [0.25, 0.3) is 0 Å². The molecule has 2 heterocycles. The summed E-state index contributed by atoms with van der Waals surface area (Å²) in [5, 5.41) is 2.03. The molecule has 0 aliphatic carbocycles. The van der Waals surface area contributed by atoms with Crippen LogP contribution in [0.2, 0.25) is 0 Å². The zero-order valence-corrected chi connectivity index (χ0v) is 22.3. The van der Waals surface area contributed by atoms with Crippen molar-refractivity contribution in [1.29, 1.82) is 0 Å². The van der Waals surface area contributed by atoms with Gasteiger partial charge >= 0.3 is 11.9 Å². The Bertz CT molecular complexity index is 1260. The van der Waals surface area contributed by atoms with Gasteiger partial charge in [-0.15, -0.1) is 0 Å². The fourth-order valence-corrected chi connectivity index (χ4v) is 6.81. The molecular weight excluding hydrogens is 474 g/mol. The Labute approximate surface area is 216 Å². The molecule has 7 nitrogen and oxygen atoms in total. The number of thioether (sulfide) groups is 1. The molecule has 0 N–H and O–H groups in total. The summed E-state index contributed by atoms with van der Waals surface area (Å²) in [4.78, 5) is 35.1. The molecule has 2 aliphatic rings. The fraction of sp³-hybridized carbons (Fsp3) is 0.321. The minimum atomic E-state index is -1.30. The summed E-state index contributed by atoms with van der Waals surface area (Å²) in [7, 11) is 2.75. The van der Waals surface area contributed by atoms with E-state index in [-0.39, 0.29) is 0 Å². The second-order valence-corrected chi connectivity index (χ2v) is 9.85. The van der Waals surface area contributed by atoms with Crippen LogP contribution in [0, 0.1) is 5.41 Å². The van der Waals surface area contributed by atoms with E-state index in [1.807, 2.05) is 91.7 Å². The van der Waals surface area contributed by atoms with Crippen LogP contribution in [-0.4, -0.2) is 48.3 Å². The van der Waals surface area contributed by atoms with Crippen molar-refractivity contribution in [2.24, 2.45) is 10.4 Å². The molecule has 0 saturated carbocycles. The zero-order chi connectivity index (χ0) is 26.1. The van der Waals surface area contributed by atoms with Crippen molar-refractivity contribution in [1.82, 2.24) is 4.90 Å². The van der Waals surface area contributed by atoms with Crippen molar-refractivity contribution >= 4 is 40.9 Å². The lowest BCUT2D eigenvalue weighted by Crippen LogP contribution is -2.58.